The second kappa shape index (κ2) is 5.88. The molecule has 2 aliphatic rings. The molecule has 1 N–H and O–H groups in total. The van der Waals surface area contributed by atoms with Crippen molar-refractivity contribution in [2.75, 3.05) is 19.8 Å². The molecule has 0 spiro atoms. The van der Waals surface area contributed by atoms with Gasteiger partial charge in [0, 0.05) is 12.5 Å². The Balaban J connectivity index is 1.83. The lowest BCUT2D eigenvalue weighted by Gasteiger charge is -2.55. The Labute approximate surface area is 128 Å². The molecule has 3 unspecified atom stereocenters. The van der Waals surface area contributed by atoms with Gasteiger partial charge in [-0.3, -0.25) is 0 Å². The molecule has 0 bridgehead atoms. The van der Waals surface area contributed by atoms with E-state index in [0.717, 1.165) is 37.7 Å². The second-order valence-electron chi connectivity index (χ2n) is 6.51. The van der Waals surface area contributed by atoms with Crippen LogP contribution >= 0.6 is 0 Å². The molecule has 21 heavy (non-hydrogen) atoms. The van der Waals surface area contributed by atoms with Gasteiger partial charge in [-0.25, -0.2) is 0 Å². The molecule has 3 heteroatoms. The number of rotatable bonds is 4. The second-order valence-corrected chi connectivity index (χ2v) is 6.51. The Morgan fingerprint density at radius 1 is 1.19 bits per heavy atom. The molecule has 0 amide bonds. The fourth-order valence-corrected chi connectivity index (χ4v) is 3.83. The van der Waals surface area contributed by atoms with Crippen LogP contribution in [0.3, 0.4) is 0 Å². The maximum absolute atomic E-state index is 5.84. The summed E-state index contributed by atoms with van der Waals surface area (Å²) in [6.45, 7) is 9.47. The highest BCUT2D eigenvalue weighted by molar-refractivity contribution is 5.45. The first kappa shape index (κ1) is 14.7. The SMILES string of the molecule is CCNC1CC(c2ccc3c(c2)OCCCO3)C1(C)CC. The Kier molecular flexibility index (Phi) is 4.12. The van der Waals surface area contributed by atoms with Crippen LogP contribution in [0.15, 0.2) is 18.2 Å². The highest BCUT2D eigenvalue weighted by atomic mass is 16.5. The van der Waals surface area contributed by atoms with E-state index < -0.39 is 0 Å². The Bertz CT molecular complexity index is 502. The third-order valence-electron chi connectivity index (χ3n) is 5.45. The van der Waals surface area contributed by atoms with Gasteiger partial charge in [0.15, 0.2) is 11.5 Å². The fourth-order valence-electron chi connectivity index (χ4n) is 3.83. The van der Waals surface area contributed by atoms with Gasteiger partial charge in [0.2, 0.25) is 0 Å². The summed E-state index contributed by atoms with van der Waals surface area (Å²) in [5, 5.41) is 3.64. The molecule has 3 atom stereocenters. The average Bonchev–Trinajstić information content (AvgIpc) is 2.74. The van der Waals surface area contributed by atoms with E-state index in [4.69, 9.17) is 9.47 Å². The molecule has 3 rings (SSSR count). The van der Waals surface area contributed by atoms with Gasteiger partial charge in [-0.1, -0.05) is 26.8 Å². The molecular formula is C18H27NO2. The van der Waals surface area contributed by atoms with Crippen molar-refractivity contribution in [3.8, 4) is 11.5 Å². The predicted octanol–water partition coefficient (Wildman–Crippen LogP) is 3.73. The minimum atomic E-state index is 0.343. The number of hydrogen-bond acceptors (Lipinski definition) is 3. The first-order chi connectivity index (χ1) is 10.2. The van der Waals surface area contributed by atoms with Gasteiger partial charge >= 0.3 is 0 Å². The van der Waals surface area contributed by atoms with Crippen molar-refractivity contribution in [1.82, 2.24) is 5.32 Å². The van der Waals surface area contributed by atoms with Gasteiger partial charge in [-0.05, 0) is 48.4 Å². The number of nitrogens with one attached hydrogen (secondary N) is 1. The van der Waals surface area contributed by atoms with E-state index >= 15 is 0 Å². The van der Waals surface area contributed by atoms with Crippen molar-refractivity contribution in [3.63, 3.8) is 0 Å². The normalized spacial score (nSPS) is 31.4. The van der Waals surface area contributed by atoms with Crippen molar-refractivity contribution in [3.05, 3.63) is 23.8 Å². The quantitative estimate of drug-likeness (QED) is 0.916. The van der Waals surface area contributed by atoms with E-state index in [9.17, 15) is 0 Å². The Morgan fingerprint density at radius 2 is 1.95 bits per heavy atom. The monoisotopic (exact) mass is 289 g/mol. The number of hydrogen-bond donors (Lipinski definition) is 1. The van der Waals surface area contributed by atoms with Crippen molar-refractivity contribution in [2.24, 2.45) is 5.41 Å². The van der Waals surface area contributed by atoms with Crippen LogP contribution in [0.4, 0.5) is 0 Å². The van der Waals surface area contributed by atoms with Crippen molar-refractivity contribution in [1.29, 1.82) is 0 Å². The Morgan fingerprint density at radius 3 is 2.67 bits per heavy atom. The zero-order chi connectivity index (χ0) is 14.9. The highest BCUT2D eigenvalue weighted by Crippen LogP contribution is 2.55. The lowest BCUT2D eigenvalue weighted by atomic mass is 9.54. The summed E-state index contributed by atoms with van der Waals surface area (Å²) in [6, 6.07) is 7.16. The molecule has 0 aromatic heterocycles. The van der Waals surface area contributed by atoms with Gasteiger partial charge in [-0.2, -0.15) is 0 Å². The molecule has 0 radical (unpaired) electrons. The van der Waals surface area contributed by atoms with Crippen LogP contribution in [0.2, 0.25) is 0 Å². The molecule has 116 valence electrons. The van der Waals surface area contributed by atoms with E-state index in [-0.39, 0.29) is 0 Å². The van der Waals surface area contributed by atoms with E-state index in [1.807, 2.05) is 0 Å². The van der Waals surface area contributed by atoms with Gasteiger partial charge in [0.25, 0.3) is 0 Å². The molecule has 1 fully saturated rings. The smallest absolute Gasteiger partial charge is 0.161 e. The summed E-state index contributed by atoms with van der Waals surface area (Å²) in [5.41, 5.74) is 1.74. The molecule has 3 nitrogen and oxygen atoms in total. The maximum atomic E-state index is 5.84. The summed E-state index contributed by atoms with van der Waals surface area (Å²) < 4.78 is 11.6. The van der Waals surface area contributed by atoms with Crippen LogP contribution in [0.1, 0.15) is 51.5 Å². The molecular weight excluding hydrogens is 262 g/mol. The summed E-state index contributed by atoms with van der Waals surface area (Å²) in [5.74, 6) is 2.44. The summed E-state index contributed by atoms with van der Waals surface area (Å²) in [6.07, 6.45) is 3.38. The zero-order valence-electron chi connectivity index (χ0n) is 13.4. The van der Waals surface area contributed by atoms with Crippen molar-refractivity contribution < 1.29 is 9.47 Å². The minimum absolute atomic E-state index is 0.343. The molecule has 1 heterocycles. The van der Waals surface area contributed by atoms with E-state index in [2.05, 4.69) is 44.3 Å². The third kappa shape index (κ3) is 2.52. The minimum Gasteiger partial charge on any atom is -0.490 e. The van der Waals surface area contributed by atoms with Crippen LogP contribution in [0.25, 0.3) is 0 Å². The van der Waals surface area contributed by atoms with Crippen LogP contribution in [-0.2, 0) is 0 Å². The fraction of sp³-hybridized carbons (Fsp3) is 0.667. The van der Waals surface area contributed by atoms with Crippen molar-refractivity contribution >= 4 is 0 Å². The van der Waals surface area contributed by atoms with Gasteiger partial charge < -0.3 is 14.8 Å². The van der Waals surface area contributed by atoms with Crippen LogP contribution in [0, 0.1) is 5.41 Å². The predicted molar refractivity (Wildman–Crippen MR) is 85.3 cm³/mol. The number of benzene rings is 1. The van der Waals surface area contributed by atoms with Gasteiger partial charge in [-0.15, -0.1) is 0 Å². The Hall–Kier alpha value is -1.22. The van der Waals surface area contributed by atoms with Gasteiger partial charge in [0.05, 0.1) is 13.2 Å². The van der Waals surface area contributed by atoms with Crippen LogP contribution < -0.4 is 14.8 Å². The largest absolute Gasteiger partial charge is 0.490 e. The first-order valence-electron chi connectivity index (χ1n) is 8.32. The number of fused-ring (bicyclic) bond motifs is 1. The van der Waals surface area contributed by atoms with Crippen LogP contribution in [-0.4, -0.2) is 25.8 Å². The lowest BCUT2D eigenvalue weighted by Crippen LogP contribution is -2.56. The highest BCUT2D eigenvalue weighted by Gasteiger charge is 2.50. The van der Waals surface area contributed by atoms with E-state index in [1.165, 1.54) is 18.4 Å². The summed E-state index contributed by atoms with van der Waals surface area (Å²) in [7, 11) is 0. The molecule has 1 saturated carbocycles. The molecule has 0 saturated heterocycles. The summed E-state index contributed by atoms with van der Waals surface area (Å²) in [4.78, 5) is 0. The molecule has 1 aromatic rings. The lowest BCUT2D eigenvalue weighted by molar-refractivity contribution is 0.0454. The van der Waals surface area contributed by atoms with E-state index in [0.29, 0.717) is 17.4 Å². The molecule has 1 aliphatic carbocycles. The van der Waals surface area contributed by atoms with Gasteiger partial charge in [0.1, 0.15) is 0 Å². The molecule has 1 aromatic carbocycles. The average molecular weight is 289 g/mol. The van der Waals surface area contributed by atoms with Crippen molar-refractivity contribution in [2.45, 2.75) is 52.0 Å². The zero-order valence-corrected chi connectivity index (χ0v) is 13.4. The topological polar surface area (TPSA) is 30.5 Å². The third-order valence-corrected chi connectivity index (χ3v) is 5.45. The van der Waals surface area contributed by atoms with Crippen LogP contribution in [0.5, 0.6) is 11.5 Å². The number of ether oxygens (including phenoxy) is 2. The molecule has 1 aliphatic heterocycles. The van der Waals surface area contributed by atoms with E-state index in [1.54, 1.807) is 0 Å². The standard InChI is InChI=1S/C18H27NO2/c1-4-18(3)14(12-17(18)19-5-2)13-7-8-15-16(11-13)21-10-6-9-20-15/h7-8,11,14,17,19H,4-6,9-10,12H2,1-3H3. The maximum Gasteiger partial charge on any atom is 0.161 e. The summed E-state index contributed by atoms with van der Waals surface area (Å²) >= 11 is 0. The first-order valence-corrected chi connectivity index (χ1v) is 8.32.